The molecule has 0 N–H and O–H groups in total. The van der Waals surface area contributed by atoms with Crippen molar-refractivity contribution in [3.8, 4) is 0 Å². The molecule has 9 heavy (non-hydrogen) atoms. The van der Waals surface area contributed by atoms with E-state index in [1.807, 2.05) is 19.1 Å². The van der Waals surface area contributed by atoms with Crippen LogP contribution < -0.4 is 0 Å². The summed E-state index contributed by atoms with van der Waals surface area (Å²) in [6.07, 6.45) is 6.19. The first kappa shape index (κ1) is 8.96. The molecule has 0 amide bonds. The third kappa shape index (κ3) is 4.46. The smallest absolute Gasteiger partial charge is 0.0326 e. The SMILES string of the molecule is C/C=C\C=C(/C)C(C)Br. The maximum Gasteiger partial charge on any atom is 0.0326 e. The number of hydrogen-bond donors (Lipinski definition) is 0. The molecule has 0 radical (unpaired) electrons. The fraction of sp³-hybridized carbons (Fsp3) is 0.500. The van der Waals surface area contributed by atoms with Gasteiger partial charge in [0.2, 0.25) is 0 Å². The van der Waals surface area contributed by atoms with Gasteiger partial charge in [0.05, 0.1) is 0 Å². The fourth-order valence-corrected chi connectivity index (χ4v) is 0.533. The van der Waals surface area contributed by atoms with E-state index in [-0.39, 0.29) is 0 Å². The molecule has 0 spiro atoms. The van der Waals surface area contributed by atoms with Crippen LogP contribution in [-0.2, 0) is 0 Å². The maximum absolute atomic E-state index is 3.47. The molecule has 0 aromatic carbocycles. The summed E-state index contributed by atoms with van der Waals surface area (Å²) in [7, 11) is 0. The first-order valence-electron chi connectivity index (χ1n) is 3.12. The van der Waals surface area contributed by atoms with Crippen molar-refractivity contribution in [2.24, 2.45) is 0 Å². The van der Waals surface area contributed by atoms with Crippen molar-refractivity contribution < 1.29 is 0 Å². The summed E-state index contributed by atoms with van der Waals surface area (Å²) in [5, 5.41) is 0. The van der Waals surface area contributed by atoms with Crippen LogP contribution in [0.15, 0.2) is 23.8 Å². The Bertz CT molecular complexity index is 121. The van der Waals surface area contributed by atoms with Gasteiger partial charge in [-0.25, -0.2) is 0 Å². The summed E-state index contributed by atoms with van der Waals surface area (Å²) in [6.45, 7) is 6.25. The van der Waals surface area contributed by atoms with Crippen molar-refractivity contribution in [3.05, 3.63) is 23.8 Å². The third-order valence-corrected chi connectivity index (χ3v) is 1.90. The van der Waals surface area contributed by atoms with E-state index >= 15 is 0 Å². The van der Waals surface area contributed by atoms with E-state index in [1.54, 1.807) is 0 Å². The van der Waals surface area contributed by atoms with E-state index in [2.05, 4.69) is 35.9 Å². The highest BCUT2D eigenvalue weighted by Crippen LogP contribution is 2.09. The summed E-state index contributed by atoms with van der Waals surface area (Å²) in [5.41, 5.74) is 1.35. The van der Waals surface area contributed by atoms with E-state index in [0.717, 1.165) is 0 Å². The van der Waals surface area contributed by atoms with Gasteiger partial charge in [-0.1, -0.05) is 39.7 Å². The van der Waals surface area contributed by atoms with E-state index in [4.69, 9.17) is 0 Å². The Labute approximate surface area is 65.8 Å². The van der Waals surface area contributed by atoms with Gasteiger partial charge in [-0.15, -0.1) is 0 Å². The Morgan fingerprint density at radius 3 is 2.44 bits per heavy atom. The number of hydrogen-bond acceptors (Lipinski definition) is 0. The average Bonchev–Trinajstić information content (AvgIpc) is 1.82. The lowest BCUT2D eigenvalue weighted by molar-refractivity contribution is 1.14. The van der Waals surface area contributed by atoms with E-state index in [1.165, 1.54) is 5.57 Å². The molecule has 0 bridgehead atoms. The van der Waals surface area contributed by atoms with E-state index in [0.29, 0.717) is 4.83 Å². The predicted octanol–water partition coefficient (Wildman–Crippen LogP) is 3.29. The van der Waals surface area contributed by atoms with Crippen LogP contribution in [0.1, 0.15) is 20.8 Å². The first-order valence-corrected chi connectivity index (χ1v) is 4.03. The van der Waals surface area contributed by atoms with Gasteiger partial charge in [0.15, 0.2) is 0 Å². The van der Waals surface area contributed by atoms with Crippen molar-refractivity contribution >= 4 is 15.9 Å². The zero-order valence-electron chi connectivity index (χ0n) is 6.19. The summed E-state index contributed by atoms with van der Waals surface area (Å²) in [6, 6.07) is 0. The standard InChI is InChI=1S/C8H13Br/c1-4-5-6-7(2)8(3)9/h4-6,8H,1-3H3/b5-4-,7-6+. The Morgan fingerprint density at radius 1 is 1.56 bits per heavy atom. The minimum Gasteiger partial charge on any atom is -0.0877 e. The Hall–Kier alpha value is -0.0400. The zero-order valence-corrected chi connectivity index (χ0v) is 7.77. The monoisotopic (exact) mass is 188 g/mol. The van der Waals surface area contributed by atoms with Crippen LogP contribution in [0.25, 0.3) is 0 Å². The van der Waals surface area contributed by atoms with Crippen LogP contribution in [-0.4, -0.2) is 4.83 Å². The van der Waals surface area contributed by atoms with Crippen LogP contribution in [0, 0.1) is 0 Å². The average molecular weight is 189 g/mol. The van der Waals surface area contributed by atoms with Gasteiger partial charge >= 0.3 is 0 Å². The number of rotatable bonds is 2. The van der Waals surface area contributed by atoms with E-state index in [9.17, 15) is 0 Å². The number of allylic oxidation sites excluding steroid dienone is 4. The molecule has 1 atom stereocenters. The van der Waals surface area contributed by atoms with Gasteiger partial charge in [-0.3, -0.25) is 0 Å². The quantitative estimate of drug-likeness (QED) is 0.461. The Kier molecular flexibility index (Phi) is 4.78. The van der Waals surface area contributed by atoms with Crippen molar-refractivity contribution in [3.63, 3.8) is 0 Å². The highest BCUT2D eigenvalue weighted by molar-refractivity contribution is 9.09. The molecule has 0 aliphatic carbocycles. The van der Waals surface area contributed by atoms with Gasteiger partial charge in [-0.2, -0.15) is 0 Å². The molecule has 0 heterocycles. The molecule has 0 saturated carbocycles. The molecule has 0 saturated heterocycles. The first-order chi connectivity index (χ1) is 4.18. The van der Waals surface area contributed by atoms with Gasteiger partial charge in [0.25, 0.3) is 0 Å². The summed E-state index contributed by atoms with van der Waals surface area (Å²) >= 11 is 3.47. The molecular formula is C8H13Br. The van der Waals surface area contributed by atoms with Crippen LogP contribution in [0.4, 0.5) is 0 Å². The lowest BCUT2D eigenvalue weighted by atomic mass is 10.2. The minimum atomic E-state index is 0.494. The van der Waals surface area contributed by atoms with Crippen LogP contribution in [0.5, 0.6) is 0 Å². The molecule has 0 aliphatic rings. The maximum atomic E-state index is 3.47. The highest BCUT2D eigenvalue weighted by atomic mass is 79.9. The predicted molar refractivity (Wildman–Crippen MR) is 47.0 cm³/mol. The molecule has 0 aromatic rings. The van der Waals surface area contributed by atoms with E-state index < -0.39 is 0 Å². The molecule has 1 unspecified atom stereocenters. The number of halogens is 1. The molecule has 0 fully saturated rings. The van der Waals surface area contributed by atoms with Crippen molar-refractivity contribution in [2.45, 2.75) is 25.6 Å². The summed E-state index contributed by atoms with van der Waals surface area (Å²) in [4.78, 5) is 0.494. The second-order valence-corrected chi connectivity index (χ2v) is 3.43. The molecular weight excluding hydrogens is 176 g/mol. The van der Waals surface area contributed by atoms with Crippen LogP contribution in [0.3, 0.4) is 0 Å². The largest absolute Gasteiger partial charge is 0.0877 e. The molecule has 52 valence electrons. The lowest BCUT2D eigenvalue weighted by Crippen LogP contribution is -1.89. The third-order valence-electron chi connectivity index (χ3n) is 1.18. The summed E-state index contributed by atoms with van der Waals surface area (Å²) < 4.78 is 0. The molecule has 0 aliphatic heterocycles. The van der Waals surface area contributed by atoms with Crippen molar-refractivity contribution in [2.75, 3.05) is 0 Å². The van der Waals surface area contributed by atoms with Gasteiger partial charge < -0.3 is 0 Å². The van der Waals surface area contributed by atoms with Gasteiger partial charge in [-0.05, 0) is 20.8 Å². The summed E-state index contributed by atoms with van der Waals surface area (Å²) in [5.74, 6) is 0. The lowest BCUT2D eigenvalue weighted by Gasteiger charge is -1.99. The number of alkyl halides is 1. The van der Waals surface area contributed by atoms with Gasteiger partial charge in [0.1, 0.15) is 0 Å². The molecule has 0 aromatic heterocycles. The van der Waals surface area contributed by atoms with Gasteiger partial charge in [0, 0.05) is 4.83 Å². The highest BCUT2D eigenvalue weighted by Gasteiger charge is 1.93. The topological polar surface area (TPSA) is 0 Å². The molecule has 0 rings (SSSR count). The normalized spacial score (nSPS) is 16.7. The van der Waals surface area contributed by atoms with Crippen LogP contribution >= 0.6 is 15.9 Å². The fourth-order valence-electron chi connectivity index (χ4n) is 0.381. The van der Waals surface area contributed by atoms with Crippen molar-refractivity contribution in [1.29, 1.82) is 0 Å². The second kappa shape index (κ2) is 4.80. The minimum absolute atomic E-state index is 0.494. The Balaban J connectivity index is 3.84. The molecule has 0 nitrogen and oxygen atoms in total. The molecule has 1 heteroatoms. The van der Waals surface area contributed by atoms with Crippen LogP contribution in [0.2, 0.25) is 0 Å². The Morgan fingerprint density at radius 2 is 2.11 bits per heavy atom. The second-order valence-electron chi connectivity index (χ2n) is 2.05. The zero-order chi connectivity index (χ0) is 7.28. The van der Waals surface area contributed by atoms with Crippen molar-refractivity contribution in [1.82, 2.24) is 0 Å².